The van der Waals surface area contributed by atoms with Crippen molar-refractivity contribution < 1.29 is 0 Å². The Morgan fingerprint density at radius 2 is 1.73 bits per heavy atom. The largest absolute Gasteiger partial charge is 0.294 e. The average molecular weight is 201 g/mol. The van der Waals surface area contributed by atoms with E-state index >= 15 is 0 Å². The lowest BCUT2D eigenvalue weighted by Crippen LogP contribution is -1.98. The lowest BCUT2D eigenvalue weighted by Gasteiger charge is -2.07. The van der Waals surface area contributed by atoms with Gasteiger partial charge in [-0.05, 0) is 25.0 Å². The molecule has 0 aliphatic heterocycles. The summed E-state index contributed by atoms with van der Waals surface area (Å²) in [6.07, 6.45) is 3.88. The zero-order chi connectivity index (χ0) is 11.3. The highest BCUT2D eigenvalue weighted by atomic mass is 14.7. The maximum Gasteiger partial charge on any atom is 0.0439 e. The molecule has 0 radical (unpaired) electrons. The lowest BCUT2D eigenvalue weighted by atomic mass is 10.0. The minimum Gasteiger partial charge on any atom is -0.294 e. The maximum atomic E-state index is 4.40. The van der Waals surface area contributed by atoms with E-state index < -0.39 is 0 Å². The van der Waals surface area contributed by atoms with Crippen molar-refractivity contribution in [3.8, 4) is 0 Å². The van der Waals surface area contributed by atoms with Crippen molar-refractivity contribution in [1.82, 2.24) is 0 Å². The van der Waals surface area contributed by atoms with Crippen LogP contribution in [0.1, 0.15) is 37.8 Å². The predicted molar refractivity (Wildman–Crippen MR) is 68.6 cm³/mol. The fourth-order valence-corrected chi connectivity index (χ4v) is 1.32. The summed E-state index contributed by atoms with van der Waals surface area (Å²) < 4.78 is 0. The summed E-state index contributed by atoms with van der Waals surface area (Å²) >= 11 is 0. The number of hydrogen-bond donors (Lipinski definition) is 0. The number of aliphatic imine (C=N–C) groups is 1. The van der Waals surface area contributed by atoms with Crippen LogP contribution in [0.25, 0.3) is 6.08 Å². The first kappa shape index (κ1) is 11.7. The summed E-state index contributed by atoms with van der Waals surface area (Å²) in [5.74, 6) is 0.381. The Balaban J connectivity index is 2.73. The molecule has 0 saturated heterocycles. The highest BCUT2D eigenvalue weighted by Gasteiger charge is 2.01. The molecule has 1 atom stereocenters. The van der Waals surface area contributed by atoms with Crippen molar-refractivity contribution in [3.05, 3.63) is 42.0 Å². The van der Waals surface area contributed by atoms with Crippen molar-refractivity contribution in [2.75, 3.05) is 0 Å². The number of rotatable bonds is 4. The smallest absolute Gasteiger partial charge is 0.0439 e. The van der Waals surface area contributed by atoms with Crippen LogP contribution >= 0.6 is 0 Å². The van der Waals surface area contributed by atoms with Gasteiger partial charge in [-0.25, -0.2) is 0 Å². The van der Waals surface area contributed by atoms with E-state index in [2.05, 4.69) is 56.6 Å². The Morgan fingerprint density at radius 1 is 1.13 bits per heavy atom. The molecular formula is C14H19N. The van der Waals surface area contributed by atoms with Crippen molar-refractivity contribution >= 4 is 12.3 Å². The minimum atomic E-state index is 0.375. The van der Waals surface area contributed by atoms with Gasteiger partial charge in [0.25, 0.3) is 0 Å². The average Bonchev–Trinajstić information content (AvgIpc) is 2.26. The molecule has 0 aliphatic rings. The van der Waals surface area contributed by atoms with Gasteiger partial charge in [0, 0.05) is 18.2 Å². The van der Waals surface area contributed by atoms with Gasteiger partial charge in [0.2, 0.25) is 0 Å². The van der Waals surface area contributed by atoms with Gasteiger partial charge in [-0.15, -0.1) is 0 Å². The van der Waals surface area contributed by atoms with Crippen LogP contribution in [0.4, 0.5) is 0 Å². The molecule has 0 heterocycles. The zero-order valence-corrected chi connectivity index (χ0v) is 9.77. The first-order valence-electron chi connectivity index (χ1n) is 5.39. The molecule has 0 aromatic heterocycles. The summed E-state index contributed by atoms with van der Waals surface area (Å²) in [7, 11) is 0. The molecule has 0 aliphatic carbocycles. The Bertz CT molecular complexity index is 333. The second kappa shape index (κ2) is 5.50. The molecule has 1 unspecified atom stereocenters. The molecule has 0 N–H and O–H groups in total. The highest BCUT2D eigenvalue weighted by Crippen LogP contribution is 2.14. The second-order valence-electron chi connectivity index (χ2n) is 4.05. The fraction of sp³-hybridized carbons (Fsp3) is 0.357. The van der Waals surface area contributed by atoms with Crippen LogP contribution in [0.2, 0.25) is 0 Å². The number of nitrogens with zero attached hydrogens (tertiary/aromatic N) is 1. The van der Waals surface area contributed by atoms with Crippen molar-refractivity contribution in [1.29, 1.82) is 0 Å². The third-order valence-corrected chi connectivity index (χ3v) is 2.31. The van der Waals surface area contributed by atoms with E-state index in [9.17, 15) is 0 Å². The molecule has 1 heteroatoms. The van der Waals surface area contributed by atoms with Crippen LogP contribution in [0.5, 0.6) is 0 Å². The fourth-order valence-electron chi connectivity index (χ4n) is 1.32. The summed E-state index contributed by atoms with van der Waals surface area (Å²) in [5.41, 5.74) is 2.46. The topological polar surface area (TPSA) is 12.4 Å². The monoisotopic (exact) mass is 201 g/mol. The van der Waals surface area contributed by atoms with Crippen molar-refractivity contribution in [2.24, 2.45) is 4.99 Å². The van der Waals surface area contributed by atoms with Crippen LogP contribution in [0.3, 0.4) is 0 Å². The molecule has 0 spiro atoms. The SMILES string of the molecule is C=Cc1ccc(C(C)/C=N\C(C)C)cc1. The van der Waals surface area contributed by atoms with E-state index in [1.54, 1.807) is 0 Å². The van der Waals surface area contributed by atoms with E-state index in [1.807, 2.05) is 12.3 Å². The van der Waals surface area contributed by atoms with Gasteiger partial charge in [-0.3, -0.25) is 4.99 Å². The normalized spacial score (nSPS) is 13.3. The summed E-state index contributed by atoms with van der Waals surface area (Å²) in [5, 5.41) is 0. The van der Waals surface area contributed by atoms with E-state index in [0.717, 1.165) is 5.56 Å². The van der Waals surface area contributed by atoms with Gasteiger partial charge in [0.15, 0.2) is 0 Å². The molecule has 80 valence electrons. The molecule has 0 bridgehead atoms. The Kier molecular flexibility index (Phi) is 4.29. The van der Waals surface area contributed by atoms with Crippen LogP contribution in [-0.4, -0.2) is 12.3 Å². The van der Waals surface area contributed by atoms with Crippen LogP contribution < -0.4 is 0 Å². The van der Waals surface area contributed by atoms with Gasteiger partial charge in [0.1, 0.15) is 0 Å². The Hall–Kier alpha value is -1.37. The molecule has 1 nitrogen and oxygen atoms in total. The molecule has 1 aromatic rings. The van der Waals surface area contributed by atoms with Gasteiger partial charge in [-0.1, -0.05) is 43.8 Å². The third-order valence-electron chi connectivity index (χ3n) is 2.31. The van der Waals surface area contributed by atoms with E-state index in [-0.39, 0.29) is 0 Å². The molecule has 1 aromatic carbocycles. The van der Waals surface area contributed by atoms with Crippen molar-refractivity contribution in [3.63, 3.8) is 0 Å². The number of hydrogen-bond acceptors (Lipinski definition) is 1. The van der Waals surface area contributed by atoms with E-state index in [0.29, 0.717) is 12.0 Å². The van der Waals surface area contributed by atoms with Crippen LogP contribution in [0, 0.1) is 0 Å². The van der Waals surface area contributed by atoms with Crippen molar-refractivity contribution in [2.45, 2.75) is 32.7 Å². The lowest BCUT2D eigenvalue weighted by molar-refractivity contribution is 0.830. The maximum absolute atomic E-state index is 4.40. The Labute approximate surface area is 92.6 Å². The first-order valence-corrected chi connectivity index (χ1v) is 5.39. The van der Waals surface area contributed by atoms with Crippen LogP contribution in [0.15, 0.2) is 35.8 Å². The predicted octanol–water partition coefficient (Wildman–Crippen LogP) is 3.91. The zero-order valence-electron chi connectivity index (χ0n) is 9.77. The van der Waals surface area contributed by atoms with E-state index in [4.69, 9.17) is 0 Å². The standard InChI is InChI=1S/C14H19N/c1-5-13-6-8-14(9-7-13)12(4)10-15-11(2)3/h5-12H,1H2,2-4H3/b15-10-. The first-order chi connectivity index (χ1) is 7.13. The van der Waals surface area contributed by atoms with Crippen LogP contribution in [-0.2, 0) is 0 Å². The summed E-state index contributed by atoms with van der Waals surface area (Å²) in [6.45, 7) is 10.1. The quantitative estimate of drug-likeness (QED) is 0.655. The third kappa shape index (κ3) is 3.70. The van der Waals surface area contributed by atoms with Gasteiger partial charge in [-0.2, -0.15) is 0 Å². The molecule has 0 saturated carbocycles. The molecule has 0 amide bonds. The molecule has 0 fully saturated rings. The van der Waals surface area contributed by atoms with Gasteiger partial charge < -0.3 is 0 Å². The Morgan fingerprint density at radius 3 is 2.20 bits per heavy atom. The summed E-state index contributed by atoms with van der Waals surface area (Å²) in [4.78, 5) is 4.40. The van der Waals surface area contributed by atoms with Gasteiger partial charge in [0.05, 0.1) is 0 Å². The number of benzene rings is 1. The summed E-state index contributed by atoms with van der Waals surface area (Å²) in [6, 6.07) is 8.81. The second-order valence-corrected chi connectivity index (χ2v) is 4.05. The molecular weight excluding hydrogens is 182 g/mol. The molecule has 1 rings (SSSR count). The highest BCUT2D eigenvalue weighted by molar-refractivity contribution is 5.67. The molecule has 15 heavy (non-hydrogen) atoms. The van der Waals surface area contributed by atoms with Gasteiger partial charge >= 0.3 is 0 Å². The minimum absolute atomic E-state index is 0.375. The van der Waals surface area contributed by atoms with E-state index in [1.165, 1.54) is 5.56 Å².